The second kappa shape index (κ2) is 8.14. The van der Waals surface area contributed by atoms with E-state index in [9.17, 15) is 0 Å². The average Bonchev–Trinajstić information content (AvgIpc) is 3.31. The molecule has 0 bridgehead atoms. The molecule has 0 aliphatic carbocycles. The van der Waals surface area contributed by atoms with E-state index >= 15 is 0 Å². The number of hydrogen-bond donors (Lipinski definition) is 0. The van der Waals surface area contributed by atoms with E-state index in [2.05, 4.69) is 80.9 Å². The third-order valence-corrected chi connectivity index (χ3v) is 5.76. The molecule has 2 heterocycles. The average molecular weight is 414 g/mol. The number of aryl methyl sites for hydroxylation is 1. The van der Waals surface area contributed by atoms with E-state index in [1.165, 1.54) is 16.8 Å². The second-order valence-electron chi connectivity index (χ2n) is 8.99. The summed E-state index contributed by atoms with van der Waals surface area (Å²) >= 11 is 0. The number of anilines is 1. The maximum absolute atomic E-state index is 4.97. The largest absolute Gasteiger partial charge is 0.372 e. The van der Waals surface area contributed by atoms with Gasteiger partial charge < -0.3 is 4.90 Å². The van der Waals surface area contributed by atoms with Gasteiger partial charge >= 0.3 is 0 Å². The molecule has 0 amide bonds. The summed E-state index contributed by atoms with van der Waals surface area (Å²) < 4.78 is 1.89. The molecule has 0 saturated carbocycles. The van der Waals surface area contributed by atoms with Crippen molar-refractivity contribution in [2.45, 2.75) is 47.0 Å². The van der Waals surface area contributed by atoms with Crippen LogP contribution in [-0.4, -0.2) is 32.9 Å². The Hall–Kier alpha value is -3.21. The number of benzene rings is 2. The van der Waals surface area contributed by atoms with Crippen LogP contribution < -0.4 is 10.1 Å². The molecule has 0 saturated heterocycles. The van der Waals surface area contributed by atoms with Crippen LogP contribution in [0, 0.1) is 6.92 Å². The molecule has 0 fully saturated rings. The van der Waals surface area contributed by atoms with Gasteiger partial charge in [0.15, 0.2) is 11.5 Å². The van der Waals surface area contributed by atoms with Gasteiger partial charge in [0.25, 0.3) is 0 Å². The van der Waals surface area contributed by atoms with Crippen molar-refractivity contribution >= 4 is 17.4 Å². The molecule has 4 aromatic rings. The van der Waals surface area contributed by atoms with Gasteiger partial charge in [0.1, 0.15) is 0 Å². The smallest absolute Gasteiger partial charge is 0.187 e. The van der Waals surface area contributed by atoms with Crippen molar-refractivity contribution in [2.75, 3.05) is 18.0 Å². The van der Waals surface area contributed by atoms with Crippen LogP contribution >= 0.6 is 0 Å². The van der Waals surface area contributed by atoms with Crippen LogP contribution in [0.1, 0.15) is 51.4 Å². The molecule has 0 N–H and O–H groups in total. The molecule has 2 aromatic carbocycles. The first-order valence-corrected chi connectivity index (χ1v) is 11.0. The highest BCUT2D eigenvalue weighted by Crippen LogP contribution is 2.23. The van der Waals surface area contributed by atoms with Crippen LogP contribution in [0.2, 0.25) is 0 Å². The molecule has 0 atom stereocenters. The number of hydrogen-bond acceptors (Lipinski definition) is 4. The first-order chi connectivity index (χ1) is 14.8. The summed E-state index contributed by atoms with van der Waals surface area (Å²) in [5.41, 5.74) is 6.41. The van der Waals surface area contributed by atoms with Crippen molar-refractivity contribution in [1.29, 1.82) is 0 Å². The minimum Gasteiger partial charge on any atom is -0.372 e. The summed E-state index contributed by atoms with van der Waals surface area (Å²) in [6, 6.07) is 16.8. The van der Waals surface area contributed by atoms with Crippen LogP contribution in [0.3, 0.4) is 0 Å². The van der Waals surface area contributed by atoms with E-state index in [0.717, 1.165) is 41.0 Å². The summed E-state index contributed by atoms with van der Waals surface area (Å²) in [5, 5.41) is 15.0. The Morgan fingerprint density at radius 3 is 2.29 bits per heavy atom. The summed E-state index contributed by atoms with van der Waals surface area (Å²) in [4.78, 5) is 2.37. The molecule has 0 unspecified atom stereocenters. The van der Waals surface area contributed by atoms with Crippen molar-refractivity contribution in [3.63, 3.8) is 0 Å². The lowest BCUT2D eigenvalue weighted by molar-refractivity contribution is 0.559. The molecular weight excluding hydrogens is 382 g/mol. The molecule has 4 rings (SSSR count). The summed E-state index contributed by atoms with van der Waals surface area (Å²) in [7, 11) is 0. The highest BCUT2D eigenvalue weighted by atomic mass is 15.4. The van der Waals surface area contributed by atoms with Gasteiger partial charge in [-0.1, -0.05) is 57.2 Å². The molecule has 0 radical (unpaired) electrons. The van der Waals surface area contributed by atoms with Gasteiger partial charge in [-0.15, -0.1) is 10.2 Å². The first-order valence-electron chi connectivity index (χ1n) is 11.0. The summed E-state index contributed by atoms with van der Waals surface area (Å²) in [6.45, 7) is 15.1. The molecule has 5 nitrogen and oxygen atoms in total. The molecule has 160 valence electrons. The molecular formula is C26H31N5. The minimum atomic E-state index is -0.116. The van der Waals surface area contributed by atoms with Gasteiger partial charge in [0.2, 0.25) is 0 Å². The molecule has 2 aromatic heterocycles. The SMILES string of the molecule is CCN(CC)c1ccc(C=c2c(C(C)(C)C)nn3c(-c4ccccc4)nnc23)c(C)c1. The van der Waals surface area contributed by atoms with Gasteiger partial charge in [-0.05, 0) is 50.1 Å². The fourth-order valence-corrected chi connectivity index (χ4v) is 4.02. The van der Waals surface area contributed by atoms with Gasteiger partial charge in [-0.2, -0.15) is 9.61 Å². The van der Waals surface area contributed by atoms with Crippen LogP contribution in [0.25, 0.3) is 23.1 Å². The van der Waals surface area contributed by atoms with Crippen molar-refractivity contribution in [1.82, 2.24) is 19.8 Å². The van der Waals surface area contributed by atoms with E-state index in [1.807, 2.05) is 34.8 Å². The van der Waals surface area contributed by atoms with E-state index in [4.69, 9.17) is 5.10 Å². The second-order valence-corrected chi connectivity index (χ2v) is 8.99. The molecule has 31 heavy (non-hydrogen) atoms. The lowest BCUT2D eigenvalue weighted by atomic mass is 9.90. The summed E-state index contributed by atoms with van der Waals surface area (Å²) in [6.07, 6.45) is 2.22. The third kappa shape index (κ3) is 3.92. The quantitative estimate of drug-likeness (QED) is 0.472. The lowest BCUT2D eigenvalue weighted by Gasteiger charge is -2.22. The normalized spacial score (nSPS) is 12.6. The fourth-order valence-electron chi connectivity index (χ4n) is 4.02. The van der Waals surface area contributed by atoms with Crippen LogP contribution in [-0.2, 0) is 5.41 Å². The van der Waals surface area contributed by atoms with Crippen LogP contribution in [0.4, 0.5) is 5.69 Å². The van der Waals surface area contributed by atoms with Gasteiger partial charge in [-0.3, -0.25) is 0 Å². The van der Waals surface area contributed by atoms with Gasteiger partial charge in [0.05, 0.1) is 5.69 Å². The monoisotopic (exact) mass is 413 g/mol. The third-order valence-electron chi connectivity index (χ3n) is 5.76. The Kier molecular flexibility index (Phi) is 5.52. The number of nitrogens with zero attached hydrogens (tertiary/aromatic N) is 5. The number of aromatic nitrogens is 4. The Labute approximate surface area is 184 Å². The predicted octanol–water partition coefficient (Wildman–Crippen LogP) is 4.79. The van der Waals surface area contributed by atoms with E-state index in [0.29, 0.717) is 0 Å². The lowest BCUT2D eigenvalue weighted by Crippen LogP contribution is -2.22. The topological polar surface area (TPSA) is 46.3 Å². The molecule has 0 spiro atoms. The van der Waals surface area contributed by atoms with E-state index in [-0.39, 0.29) is 5.41 Å². The zero-order chi connectivity index (χ0) is 22.2. The Balaban J connectivity index is 1.91. The van der Waals surface area contributed by atoms with Crippen LogP contribution in [0.5, 0.6) is 0 Å². The standard InChI is InChI=1S/C26H31N5/c1-7-30(8-2)21-15-14-20(18(3)16-21)17-22-23(26(4,5)6)29-31-24(27-28-25(22)31)19-12-10-9-11-13-19/h9-17H,7-8H2,1-6H3. The molecule has 5 heteroatoms. The predicted molar refractivity (Wildman–Crippen MR) is 128 cm³/mol. The summed E-state index contributed by atoms with van der Waals surface area (Å²) in [5.74, 6) is 0.773. The van der Waals surface area contributed by atoms with Crippen molar-refractivity contribution in [3.05, 3.63) is 70.6 Å². The highest BCUT2D eigenvalue weighted by Gasteiger charge is 2.24. The first kappa shape index (κ1) is 21.0. The van der Waals surface area contributed by atoms with E-state index in [1.54, 1.807) is 0 Å². The molecule has 0 aliphatic heterocycles. The number of fused-ring (bicyclic) bond motifs is 1. The number of rotatable bonds is 5. The van der Waals surface area contributed by atoms with Gasteiger partial charge in [-0.25, -0.2) is 0 Å². The van der Waals surface area contributed by atoms with Crippen molar-refractivity contribution < 1.29 is 0 Å². The fraction of sp³-hybridized carbons (Fsp3) is 0.346. The highest BCUT2D eigenvalue weighted by molar-refractivity contribution is 5.66. The maximum Gasteiger partial charge on any atom is 0.187 e. The zero-order valence-electron chi connectivity index (χ0n) is 19.3. The van der Waals surface area contributed by atoms with Crippen molar-refractivity contribution in [3.8, 4) is 11.4 Å². The Bertz CT molecular complexity index is 1240. The van der Waals surface area contributed by atoms with Crippen LogP contribution in [0.15, 0.2) is 48.5 Å². The van der Waals surface area contributed by atoms with E-state index < -0.39 is 0 Å². The van der Waals surface area contributed by atoms with Crippen molar-refractivity contribution in [2.24, 2.45) is 0 Å². The Morgan fingerprint density at radius 2 is 1.68 bits per heavy atom. The van der Waals surface area contributed by atoms with Gasteiger partial charge in [0, 0.05) is 35.0 Å². The zero-order valence-corrected chi connectivity index (χ0v) is 19.3. The molecule has 0 aliphatic rings. The Morgan fingerprint density at radius 1 is 0.968 bits per heavy atom. The maximum atomic E-state index is 4.97. The minimum absolute atomic E-state index is 0.116.